The highest BCUT2D eigenvalue weighted by Gasteiger charge is 2.46. The second-order valence-electron chi connectivity index (χ2n) is 9.74. The van der Waals surface area contributed by atoms with Gasteiger partial charge < -0.3 is 9.47 Å². The van der Waals surface area contributed by atoms with Crippen molar-refractivity contribution >= 4 is 17.5 Å². The summed E-state index contributed by atoms with van der Waals surface area (Å²) in [5.41, 5.74) is 2.87. The molecule has 1 aromatic carbocycles. The first-order valence-corrected chi connectivity index (χ1v) is 11.4. The number of ether oxygens (including phenoxy) is 2. The minimum absolute atomic E-state index is 0.0242. The van der Waals surface area contributed by atoms with Crippen molar-refractivity contribution in [2.24, 2.45) is 16.3 Å². The van der Waals surface area contributed by atoms with E-state index in [1.54, 1.807) is 0 Å². The summed E-state index contributed by atoms with van der Waals surface area (Å²) in [5.74, 6) is -0.618. The summed E-state index contributed by atoms with van der Waals surface area (Å²) in [6.07, 6.45) is 2.90. The van der Waals surface area contributed by atoms with Crippen molar-refractivity contribution in [3.8, 4) is 5.75 Å². The standard InChI is InChI=1S/C26H35NO4/c1-7-8-13-30-25(29)22-17(4)27-19-14-26(5,6)15-20(28)24(19)23(22)18-11-9-10-12-21(18)31-16(2)3/h9-12,16,22-23H,7-8,13-15H2,1-6H3/t22?,23-/m1/s1. The average Bonchev–Trinajstić information content (AvgIpc) is 2.66. The largest absolute Gasteiger partial charge is 0.491 e. The number of hydrogen-bond acceptors (Lipinski definition) is 5. The summed E-state index contributed by atoms with van der Waals surface area (Å²) in [7, 11) is 0. The zero-order chi connectivity index (χ0) is 22.8. The Morgan fingerprint density at radius 1 is 1.23 bits per heavy atom. The topological polar surface area (TPSA) is 65.0 Å². The summed E-state index contributed by atoms with van der Waals surface area (Å²) in [4.78, 5) is 31.4. The summed E-state index contributed by atoms with van der Waals surface area (Å²) in [5, 5.41) is 0. The number of carbonyl (C=O) groups excluding carboxylic acids is 2. The number of nitrogens with zero attached hydrogens (tertiary/aromatic N) is 1. The molecule has 1 unspecified atom stereocenters. The number of Topliss-reactive ketones (excluding diaryl/α,β-unsaturated/α-hetero) is 1. The number of aliphatic imine (C=N–C) groups is 1. The molecule has 3 rings (SSSR count). The Kier molecular flexibility index (Phi) is 7.03. The summed E-state index contributed by atoms with van der Waals surface area (Å²) in [6.45, 7) is 12.4. The maximum absolute atomic E-state index is 13.4. The van der Waals surface area contributed by atoms with E-state index in [1.165, 1.54) is 0 Å². The molecule has 0 bridgehead atoms. The molecule has 2 atom stereocenters. The molecule has 0 spiro atoms. The first-order valence-electron chi connectivity index (χ1n) is 11.4. The first-order chi connectivity index (χ1) is 14.6. The van der Waals surface area contributed by atoms with Crippen molar-refractivity contribution < 1.29 is 19.1 Å². The lowest BCUT2D eigenvalue weighted by Crippen LogP contribution is -2.39. The number of hydrogen-bond donors (Lipinski definition) is 0. The molecule has 0 N–H and O–H groups in total. The Bertz CT molecular complexity index is 910. The predicted octanol–water partition coefficient (Wildman–Crippen LogP) is 5.63. The maximum atomic E-state index is 13.4. The van der Waals surface area contributed by atoms with Crippen LogP contribution in [0.4, 0.5) is 0 Å². The van der Waals surface area contributed by atoms with Crippen LogP contribution in [0.2, 0.25) is 0 Å². The van der Waals surface area contributed by atoms with E-state index in [9.17, 15) is 9.59 Å². The van der Waals surface area contributed by atoms with Crippen molar-refractivity contribution in [1.82, 2.24) is 0 Å². The minimum atomic E-state index is -0.627. The third-order valence-corrected chi connectivity index (χ3v) is 5.92. The fourth-order valence-electron chi connectivity index (χ4n) is 4.59. The molecule has 0 saturated heterocycles. The number of rotatable bonds is 7. The van der Waals surface area contributed by atoms with Gasteiger partial charge in [0.25, 0.3) is 0 Å². The number of unbranched alkanes of at least 4 members (excludes halogenated alkanes) is 1. The maximum Gasteiger partial charge on any atom is 0.315 e. The highest BCUT2D eigenvalue weighted by atomic mass is 16.5. The molecule has 0 aromatic heterocycles. The molecule has 0 saturated carbocycles. The van der Waals surface area contributed by atoms with Crippen LogP contribution < -0.4 is 4.74 Å². The average molecular weight is 426 g/mol. The molecule has 2 aliphatic rings. The quantitative estimate of drug-likeness (QED) is 0.419. The molecule has 1 aliphatic heterocycles. The Morgan fingerprint density at radius 3 is 2.61 bits per heavy atom. The SMILES string of the molecule is CCCCOC(=O)C1C(C)=NC2=C(C(=O)CC(C)(C)C2)[C@@H]1c1ccccc1OC(C)C. The number of para-hydroxylation sites is 1. The van der Waals surface area contributed by atoms with Crippen LogP contribution in [-0.4, -0.2) is 30.2 Å². The smallest absolute Gasteiger partial charge is 0.315 e. The van der Waals surface area contributed by atoms with E-state index >= 15 is 0 Å². The van der Waals surface area contributed by atoms with Crippen molar-refractivity contribution in [2.45, 2.75) is 79.2 Å². The monoisotopic (exact) mass is 425 g/mol. The Balaban J connectivity index is 2.13. The molecule has 168 valence electrons. The number of ketones is 1. The van der Waals surface area contributed by atoms with Crippen LogP contribution >= 0.6 is 0 Å². The van der Waals surface area contributed by atoms with Gasteiger partial charge in [-0.25, -0.2) is 0 Å². The van der Waals surface area contributed by atoms with E-state index in [1.807, 2.05) is 45.0 Å². The second-order valence-corrected chi connectivity index (χ2v) is 9.74. The van der Waals surface area contributed by atoms with Gasteiger partial charge in [0.05, 0.1) is 12.7 Å². The fourth-order valence-corrected chi connectivity index (χ4v) is 4.59. The molecule has 5 heteroatoms. The Hall–Kier alpha value is -2.43. The van der Waals surface area contributed by atoms with E-state index in [-0.39, 0.29) is 23.3 Å². The molecule has 0 fully saturated rings. The summed E-state index contributed by atoms with van der Waals surface area (Å²) < 4.78 is 11.7. The molecule has 1 aromatic rings. The zero-order valence-electron chi connectivity index (χ0n) is 19.7. The van der Waals surface area contributed by atoms with Gasteiger partial charge in [-0.2, -0.15) is 0 Å². The first kappa shape index (κ1) is 23.2. The molecule has 0 radical (unpaired) electrons. The van der Waals surface area contributed by atoms with Crippen molar-refractivity contribution in [2.75, 3.05) is 6.61 Å². The third kappa shape index (κ3) is 5.08. The molecular weight excluding hydrogens is 390 g/mol. The van der Waals surface area contributed by atoms with E-state index in [2.05, 4.69) is 20.8 Å². The van der Waals surface area contributed by atoms with Crippen molar-refractivity contribution in [3.05, 3.63) is 41.1 Å². The van der Waals surface area contributed by atoms with E-state index < -0.39 is 11.8 Å². The van der Waals surface area contributed by atoms with Gasteiger partial charge in [-0.05, 0) is 45.1 Å². The summed E-state index contributed by atoms with van der Waals surface area (Å²) >= 11 is 0. The Labute approximate surface area is 185 Å². The van der Waals surface area contributed by atoms with Crippen LogP contribution in [0.1, 0.15) is 78.7 Å². The highest BCUT2D eigenvalue weighted by molar-refractivity contribution is 6.09. The van der Waals surface area contributed by atoms with Gasteiger partial charge >= 0.3 is 5.97 Å². The van der Waals surface area contributed by atoms with Gasteiger partial charge in [0, 0.05) is 34.9 Å². The number of esters is 1. The van der Waals surface area contributed by atoms with Crippen LogP contribution in [0.15, 0.2) is 40.5 Å². The van der Waals surface area contributed by atoms with Crippen LogP contribution in [0.25, 0.3) is 0 Å². The normalized spacial score (nSPS) is 22.8. The molecular formula is C26H35NO4. The summed E-state index contributed by atoms with van der Waals surface area (Å²) in [6, 6.07) is 7.72. The zero-order valence-corrected chi connectivity index (χ0v) is 19.7. The highest BCUT2D eigenvalue weighted by Crippen LogP contribution is 2.49. The van der Waals surface area contributed by atoms with Gasteiger partial charge in [0.2, 0.25) is 0 Å². The number of allylic oxidation sites excluding steroid dienone is 2. The van der Waals surface area contributed by atoms with Crippen molar-refractivity contribution in [3.63, 3.8) is 0 Å². The molecule has 5 nitrogen and oxygen atoms in total. The van der Waals surface area contributed by atoms with Crippen LogP contribution in [0, 0.1) is 11.3 Å². The Morgan fingerprint density at radius 2 is 1.94 bits per heavy atom. The van der Waals surface area contributed by atoms with E-state index in [0.29, 0.717) is 36.5 Å². The van der Waals surface area contributed by atoms with Crippen LogP contribution in [0.3, 0.4) is 0 Å². The number of carbonyl (C=O) groups is 2. The lowest BCUT2D eigenvalue weighted by atomic mass is 9.66. The van der Waals surface area contributed by atoms with Gasteiger partial charge in [0.15, 0.2) is 5.78 Å². The predicted molar refractivity (Wildman–Crippen MR) is 122 cm³/mol. The number of benzene rings is 1. The van der Waals surface area contributed by atoms with E-state index in [0.717, 1.165) is 24.1 Å². The van der Waals surface area contributed by atoms with Gasteiger partial charge in [-0.1, -0.05) is 45.4 Å². The molecule has 1 aliphatic carbocycles. The third-order valence-electron chi connectivity index (χ3n) is 5.92. The van der Waals surface area contributed by atoms with Crippen LogP contribution in [0.5, 0.6) is 5.75 Å². The lowest BCUT2D eigenvalue weighted by molar-refractivity contribution is -0.146. The lowest BCUT2D eigenvalue weighted by Gasteiger charge is -2.39. The molecule has 0 amide bonds. The molecule has 1 heterocycles. The van der Waals surface area contributed by atoms with Crippen LogP contribution in [-0.2, 0) is 14.3 Å². The second kappa shape index (κ2) is 9.37. The van der Waals surface area contributed by atoms with Gasteiger partial charge in [-0.15, -0.1) is 0 Å². The van der Waals surface area contributed by atoms with Gasteiger partial charge in [-0.3, -0.25) is 14.6 Å². The minimum Gasteiger partial charge on any atom is -0.491 e. The molecule has 31 heavy (non-hydrogen) atoms. The fraction of sp³-hybridized carbons (Fsp3) is 0.577. The van der Waals surface area contributed by atoms with Gasteiger partial charge in [0.1, 0.15) is 11.7 Å². The van der Waals surface area contributed by atoms with Crippen molar-refractivity contribution in [1.29, 1.82) is 0 Å². The van der Waals surface area contributed by atoms with E-state index in [4.69, 9.17) is 14.5 Å².